The largest absolute Gasteiger partial charge is 0.507 e. The predicted molar refractivity (Wildman–Crippen MR) is 74.4 cm³/mol. The number of Topliss-reactive ketones (excluding diaryl/α,β-unsaturated/α-hetero) is 2. The van der Waals surface area contributed by atoms with E-state index in [1.807, 2.05) is 0 Å². The monoisotopic (exact) mass is 273 g/mol. The van der Waals surface area contributed by atoms with Gasteiger partial charge in [0.25, 0.3) is 0 Å². The van der Waals surface area contributed by atoms with Crippen LogP contribution in [0.4, 0.5) is 5.69 Å². The van der Waals surface area contributed by atoms with Crippen molar-refractivity contribution in [3.05, 3.63) is 47.9 Å². The quantitative estimate of drug-likeness (QED) is 0.341. The molecule has 0 aliphatic heterocycles. The number of ketones is 2. The van der Waals surface area contributed by atoms with Crippen LogP contribution in [0.2, 0.25) is 0 Å². The second kappa shape index (κ2) is 6.06. The molecule has 0 radical (unpaired) electrons. The van der Waals surface area contributed by atoms with Gasteiger partial charge in [0.1, 0.15) is 17.1 Å². The number of phenolic OH excluding ortho intramolecular Hbond substituents is 1. The molecule has 0 saturated heterocycles. The molecule has 20 heavy (non-hydrogen) atoms. The second-order valence-electron chi connectivity index (χ2n) is 4.45. The Kier molecular flexibility index (Phi) is 4.20. The SMILES string of the molecule is O=C1CCCC(=O)C1=C(O)/C=C\Nc1ccccc1O. The van der Waals surface area contributed by atoms with E-state index >= 15 is 0 Å². The second-order valence-corrected chi connectivity index (χ2v) is 4.45. The molecule has 5 heteroatoms. The number of benzene rings is 1. The van der Waals surface area contributed by atoms with Gasteiger partial charge in [-0.1, -0.05) is 12.1 Å². The molecule has 0 unspecified atom stereocenters. The lowest BCUT2D eigenvalue weighted by Gasteiger charge is -2.12. The number of carbonyl (C=O) groups excluding carboxylic acids is 2. The number of carbonyl (C=O) groups is 2. The van der Waals surface area contributed by atoms with Gasteiger partial charge in [0, 0.05) is 19.0 Å². The summed E-state index contributed by atoms with van der Waals surface area (Å²) in [7, 11) is 0. The number of aromatic hydroxyl groups is 1. The molecule has 1 aliphatic rings. The zero-order valence-corrected chi connectivity index (χ0v) is 10.8. The Balaban J connectivity index is 2.12. The van der Waals surface area contributed by atoms with Crippen molar-refractivity contribution in [2.75, 3.05) is 5.32 Å². The zero-order valence-electron chi connectivity index (χ0n) is 10.8. The number of phenols is 1. The van der Waals surface area contributed by atoms with Crippen LogP contribution in [0.25, 0.3) is 0 Å². The highest BCUT2D eigenvalue weighted by molar-refractivity contribution is 6.22. The van der Waals surface area contributed by atoms with E-state index in [0.29, 0.717) is 12.1 Å². The molecule has 0 aromatic heterocycles. The molecule has 0 bridgehead atoms. The van der Waals surface area contributed by atoms with E-state index in [2.05, 4.69) is 5.32 Å². The average Bonchev–Trinajstić information content (AvgIpc) is 2.41. The molecule has 1 aromatic rings. The highest BCUT2D eigenvalue weighted by Gasteiger charge is 2.25. The number of hydrogen-bond acceptors (Lipinski definition) is 5. The van der Waals surface area contributed by atoms with Crippen LogP contribution in [0.15, 0.2) is 47.9 Å². The maximum atomic E-state index is 11.6. The normalized spacial score (nSPS) is 15.7. The van der Waals surface area contributed by atoms with E-state index < -0.39 is 0 Å². The van der Waals surface area contributed by atoms with Crippen molar-refractivity contribution in [3.63, 3.8) is 0 Å². The van der Waals surface area contributed by atoms with Gasteiger partial charge in [-0.05, 0) is 24.6 Å². The maximum absolute atomic E-state index is 11.6. The smallest absolute Gasteiger partial charge is 0.170 e. The Morgan fingerprint density at radius 1 is 1.15 bits per heavy atom. The van der Waals surface area contributed by atoms with Gasteiger partial charge in [-0.3, -0.25) is 9.59 Å². The summed E-state index contributed by atoms with van der Waals surface area (Å²) in [4.78, 5) is 23.2. The van der Waals surface area contributed by atoms with Crippen molar-refractivity contribution in [3.8, 4) is 5.75 Å². The zero-order chi connectivity index (χ0) is 14.5. The van der Waals surface area contributed by atoms with Crippen LogP contribution in [0.3, 0.4) is 0 Å². The molecule has 1 saturated carbocycles. The van der Waals surface area contributed by atoms with Crippen LogP contribution >= 0.6 is 0 Å². The lowest BCUT2D eigenvalue weighted by molar-refractivity contribution is -0.124. The Morgan fingerprint density at radius 2 is 1.80 bits per heavy atom. The first-order valence-electron chi connectivity index (χ1n) is 6.30. The molecule has 5 nitrogen and oxygen atoms in total. The van der Waals surface area contributed by atoms with Crippen LogP contribution in [-0.2, 0) is 9.59 Å². The summed E-state index contributed by atoms with van der Waals surface area (Å²) in [6.07, 6.45) is 3.71. The summed E-state index contributed by atoms with van der Waals surface area (Å²) < 4.78 is 0. The van der Waals surface area contributed by atoms with Crippen LogP contribution in [0.1, 0.15) is 19.3 Å². The molecular weight excluding hydrogens is 258 g/mol. The number of anilines is 1. The van der Waals surface area contributed by atoms with E-state index in [1.54, 1.807) is 18.2 Å². The summed E-state index contributed by atoms with van der Waals surface area (Å²) >= 11 is 0. The van der Waals surface area contributed by atoms with Gasteiger partial charge in [-0.15, -0.1) is 0 Å². The van der Waals surface area contributed by atoms with Gasteiger partial charge in [-0.2, -0.15) is 0 Å². The topological polar surface area (TPSA) is 86.6 Å². The summed E-state index contributed by atoms with van der Waals surface area (Å²) in [5.74, 6) is -0.936. The first-order valence-corrected chi connectivity index (χ1v) is 6.30. The van der Waals surface area contributed by atoms with Crippen molar-refractivity contribution in [1.29, 1.82) is 0 Å². The van der Waals surface area contributed by atoms with E-state index in [-0.39, 0.29) is 41.5 Å². The van der Waals surface area contributed by atoms with Gasteiger partial charge in [0.15, 0.2) is 11.6 Å². The molecule has 0 amide bonds. The molecule has 1 fully saturated rings. The fraction of sp³-hybridized carbons (Fsp3) is 0.200. The molecule has 0 spiro atoms. The Labute approximate surface area is 116 Å². The number of nitrogens with one attached hydrogen (secondary N) is 1. The third kappa shape index (κ3) is 3.06. The summed E-state index contributed by atoms with van der Waals surface area (Å²) in [6.45, 7) is 0. The van der Waals surface area contributed by atoms with Crippen LogP contribution in [-0.4, -0.2) is 21.8 Å². The fourth-order valence-electron chi connectivity index (χ4n) is 1.99. The molecule has 104 valence electrons. The standard InChI is InChI=1S/C15H15NO4/c17-11-5-2-1-4-10(11)16-9-8-14(20)15-12(18)6-3-7-13(15)19/h1-2,4-5,8-9,16-17,20H,3,6-7H2/b9-8-. The Hall–Kier alpha value is -2.56. The number of hydrogen-bond donors (Lipinski definition) is 3. The van der Waals surface area contributed by atoms with E-state index in [1.165, 1.54) is 18.3 Å². The lowest BCUT2D eigenvalue weighted by atomic mass is 9.91. The van der Waals surface area contributed by atoms with E-state index in [9.17, 15) is 19.8 Å². The van der Waals surface area contributed by atoms with E-state index in [4.69, 9.17) is 0 Å². The van der Waals surface area contributed by atoms with Crippen molar-refractivity contribution in [1.82, 2.24) is 0 Å². The molecule has 3 N–H and O–H groups in total. The van der Waals surface area contributed by atoms with Crippen LogP contribution < -0.4 is 5.32 Å². The van der Waals surface area contributed by atoms with Crippen LogP contribution in [0.5, 0.6) is 5.75 Å². The van der Waals surface area contributed by atoms with Gasteiger partial charge in [0.2, 0.25) is 0 Å². The number of para-hydroxylation sites is 2. The molecule has 1 aromatic carbocycles. The van der Waals surface area contributed by atoms with Crippen molar-refractivity contribution >= 4 is 17.3 Å². The summed E-state index contributed by atoms with van der Waals surface area (Å²) in [6, 6.07) is 6.59. The maximum Gasteiger partial charge on any atom is 0.170 e. The first-order chi connectivity index (χ1) is 9.59. The Bertz CT molecular complexity index is 584. The van der Waals surface area contributed by atoms with Gasteiger partial charge in [-0.25, -0.2) is 0 Å². The minimum atomic E-state index is -0.345. The molecule has 0 atom stereocenters. The van der Waals surface area contributed by atoms with Crippen molar-refractivity contribution in [2.45, 2.75) is 19.3 Å². The minimum absolute atomic E-state index is 0.0640. The highest BCUT2D eigenvalue weighted by atomic mass is 16.3. The molecular formula is C15H15NO4. The van der Waals surface area contributed by atoms with Gasteiger partial charge >= 0.3 is 0 Å². The lowest BCUT2D eigenvalue weighted by Crippen LogP contribution is -2.20. The number of aliphatic hydroxyl groups is 1. The van der Waals surface area contributed by atoms with Crippen molar-refractivity contribution < 1.29 is 19.8 Å². The van der Waals surface area contributed by atoms with Crippen molar-refractivity contribution in [2.24, 2.45) is 0 Å². The van der Waals surface area contributed by atoms with Gasteiger partial charge < -0.3 is 15.5 Å². The number of aliphatic hydroxyl groups excluding tert-OH is 1. The average molecular weight is 273 g/mol. The highest BCUT2D eigenvalue weighted by Crippen LogP contribution is 2.22. The first kappa shape index (κ1) is 13.9. The number of allylic oxidation sites excluding steroid dienone is 2. The predicted octanol–water partition coefficient (Wildman–Crippen LogP) is 2.45. The Morgan fingerprint density at radius 3 is 2.45 bits per heavy atom. The molecule has 1 aliphatic carbocycles. The third-order valence-corrected chi connectivity index (χ3v) is 3.01. The summed E-state index contributed by atoms with van der Waals surface area (Å²) in [5.41, 5.74) is 0.328. The summed E-state index contributed by atoms with van der Waals surface area (Å²) in [5, 5.41) is 22.1. The third-order valence-electron chi connectivity index (χ3n) is 3.01. The van der Waals surface area contributed by atoms with Crippen LogP contribution in [0, 0.1) is 0 Å². The van der Waals surface area contributed by atoms with E-state index in [0.717, 1.165) is 0 Å². The number of rotatable bonds is 3. The molecule has 0 heterocycles. The minimum Gasteiger partial charge on any atom is -0.507 e. The fourth-order valence-corrected chi connectivity index (χ4v) is 1.99. The van der Waals surface area contributed by atoms with Gasteiger partial charge in [0.05, 0.1) is 5.69 Å². The molecule has 2 rings (SSSR count).